The van der Waals surface area contributed by atoms with Crippen LogP contribution in [0.1, 0.15) is 6.92 Å². The Hall–Kier alpha value is 1.91. The molecule has 0 spiro atoms. The number of ether oxygens (including phenoxy) is 5. The second kappa shape index (κ2) is 119. The zero-order valence-corrected chi connectivity index (χ0v) is 80.0. The second-order valence-corrected chi connectivity index (χ2v) is 20.7. The molecule has 0 bridgehead atoms. The largest absolute Gasteiger partial charge is 3.00 e. The summed E-state index contributed by atoms with van der Waals surface area (Å²) in [5.41, 5.74) is -2.10. The zero-order valence-electron chi connectivity index (χ0n) is 58.1. The molecule has 0 unspecified atom stereocenters. The Bertz CT molecular complexity index is 3440. The van der Waals surface area contributed by atoms with Crippen LogP contribution in [0.4, 0.5) is 0 Å². The number of benzene rings is 2. The minimum Gasteiger partial charge on any atom is -0.870 e. The first-order valence-corrected chi connectivity index (χ1v) is 27.1. The summed E-state index contributed by atoms with van der Waals surface area (Å²) in [5.74, 6) is -3.66. The van der Waals surface area contributed by atoms with Gasteiger partial charge in [0.2, 0.25) is 68.7 Å². The molecule has 43 N–H and O–H groups in total. The Labute approximate surface area is 826 Å². The number of hydrogen-bond donors (Lipinski definition) is 1. The number of fused-ring (bicyclic) bond motifs is 1. The summed E-state index contributed by atoms with van der Waals surface area (Å²) in [4.78, 5) is 13.2. The third-order valence-electron chi connectivity index (χ3n) is 8.79. The van der Waals surface area contributed by atoms with Crippen LogP contribution in [0.15, 0.2) is 45.6 Å². The second-order valence-electron chi connectivity index (χ2n) is 13.7. The molecule has 92 heteroatoms. The fourth-order valence-corrected chi connectivity index (χ4v) is 9.81. The molecule has 2 saturated heterocycles. The standard InChI is InChI=1S/C28H32O36S7.14Al.35H2O/c1-10-21(59-66(34,35)36)23(61-68(40,41)42)25(63-70(46,47)48)27(54-10)53-9-19-22(60-67(37,38)39)24(62-69(43,44)45)26(64-71(49,50)51)28(57-19)55-12-6-13(29)20-14(30)8-16(56-18(20)7-12)11-3-4-15(52-2)17(5-11)58-65(31,32)33;;;;;;;;;;;;;;;;;;;;;;;;;;;;;;;;;;;;;;;;;;;;;;;;;/h3-8,10,19,21-29H,9H2,1-2H3,(H,31,32,33)(H,34,35,36)(H,37,38,39)(H,40,41,42)(H,43,44,45)(H,46,47,48)(H,49,50,51);;;;;;;;;;;;;;;35*1H2/q;14*+3;;;;;;;;;;;;;;;;;;;;;;;;;;;;;;;;;;;/p-35/t10-,19+,21-,22+,23+,24-,25+,26+,27+,28+;;;;;;;;;;;;;;;;;;;;;;;;;;;;;;;;;;;;;;;;;;;;;;;;;/m0................................................./s1. The minimum absolute atomic E-state index is 0. The average Bonchev–Trinajstić information content (AvgIpc) is 3.15. The zero-order chi connectivity index (χ0) is 53.6. The van der Waals surface area contributed by atoms with Crippen molar-refractivity contribution in [1.82, 2.24) is 0 Å². The van der Waals surface area contributed by atoms with Crippen LogP contribution in [-0.2, 0) is 112 Å². The maximum absolute atomic E-state index is 13.2. The van der Waals surface area contributed by atoms with Crippen LogP contribution in [0.25, 0.3) is 22.3 Å². The van der Waals surface area contributed by atoms with Crippen LogP contribution in [-0.4, -0.2) is 606 Å². The molecule has 0 aliphatic carbocycles. The Morgan fingerprint density at radius 1 is 0.358 bits per heavy atom. The summed E-state index contributed by atoms with van der Waals surface area (Å²) >= 11 is 0. The van der Waals surface area contributed by atoms with Gasteiger partial charge in [0.15, 0.2) is 35.4 Å². The molecule has 3 heterocycles. The van der Waals surface area contributed by atoms with Gasteiger partial charge in [-0.3, -0.25) is 29.9 Å². The normalized spacial score (nSPS) is 15.5. The van der Waals surface area contributed by atoms with Crippen molar-refractivity contribution < 1.29 is 345 Å². The maximum Gasteiger partial charge on any atom is 3.00 e. The van der Waals surface area contributed by atoms with Gasteiger partial charge in [-0.25, -0.2) is 58.9 Å². The van der Waals surface area contributed by atoms with Crippen molar-refractivity contribution >= 4 is 327 Å². The van der Waals surface area contributed by atoms with Crippen molar-refractivity contribution in [3.63, 3.8) is 0 Å². The SMILES string of the molecule is COc1ccc(-c2cc(=O)c3c(O)cc(O[C@@H]4O[C@H](CO[C@@H]5O[C@@H](C)[C@H](OS(=O)(=O)[O-])[C@@H](OS(=O)(=O)[O-])[C@H]5OS(=O)(=O)[O-])[C@@H](OS(=O)(=O)[O-])[C@H](OS(=O)(=O)[O-])[C@H]4OS(=O)(=O)[O-])cc3o2)cc1OS(=O)(=O)[O-].O.O.O.O.O.O.O.[Al+3].[Al+3].[Al+3].[Al+3].[Al+3].[Al+3].[Al+3].[Al+3].[Al+3].[Al+3].[Al+3].[Al+3].[Al+3].[Al+3].[OH-].[OH-].[OH-].[OH-].[OH-].[OH-].[OH-].[OH-].[OH-].[OH-].[OH-].[OH-].[OH-].[OH-].[OH-].[OH-].[OH-].[OH-].[OH-].[OH-].[OH-].[OH-].[OH-].[OH-].[OH-].[OH-].[OH-].[OH-]. The molecule has 0 amide bonds. The van der Waals surface area contributed by atoms with E-state index in [1.165, 1.54) is 0 Å². The van der Waals surface area contributed by atoms with Crippen LogP contribution in [0.5, 0.6) is 23.0 Å². The molecule has 10 atom stereocenters. The average molecular weight is 2140 g/mol. The van der Waals surface area contributed by atoms with Crippen LogP contribution >= 0.6 is 0 Å². The van der Waals surface area contributed by atoms with E-state index in [1.54, 1.807) is 0 Å². The van der Waals surface area contributed by atoms with Gasteiger partial charge in [0.05, 0.1) is 19.8 Å². The number of aromatic hydroxyl groups is 1. The number of rotatable bonds is 21. The molecule has 682 valence electrons. The van der Waals surface area contributed by atoms with E-state index in [0.29, 0.717) is 25.1 Å². The summed E-state index contributed by atoms with van der Waals surface area (Å²) in [6.45, 7) is -1.09. The molecule has 2 aliphatic rings. The topological polar surface area (TPSA) is 1620 Å². The Balaban J connectivity index is -0.0000000267. The van der Waals surface area contributed by atoms with E-state index >= 15 is 0 Å². The van der Waals surface area contributed by atoms with Crippen LogP contribution in [0.2, 0.25) is 0 Å². The molecule has 1 aromatic heterocycles. The van der Waals surface area contributed by atoms with Crippen LogP contribution in [0.3, 0.4) is 0 Å². The van der Waals surface area contributed by atoms with Crippen molar-refractivity contribution in [2.45, 2.75) is 68.3 Å². The Morgan fingerprint density at radius 3 is 0.942 bits per heavy atom. The van der Waals surface area contributed by atoms with Gasteiger partial charge in [0, 0.05) is 23.8 Å². The number of hydrogen-bond acceptors (Lipinski definition) is 64. The van der Waals surface area contributed by atoms with Gasteiger partial charge < -0.3 is 261 Å². The van der Waals surface area contributed by atoms with Gasteiger partial charge in [-0.15, -0.1) is 0 Å². The summed E-state index contributed by atoms with van der Waals surface area (Å²) in [6, 6.07) is 4.79. The molecular formula is C28H67Al14O71S7+7. The fraction of sp³-hybridized carbons (Fsp3) is 0.464. The Kier molecular flexibility index (Phi) is 299. The quantitative estimate of drug-likeness (QED) is 0.0588. The predicted molar refractivity (Wildman–Crippen MR) is 364 cm³/mol. The van der Waals surface area contributed by atoms with Gasteiger partial charge in [0.25, 0.3) is 10.4 Å². The van der Waals surface area contributed by atoms with Gasteiger partial charge in [-0.1, -0.05) is 0 Å². The van der Waals surface area contributed by atoms with Crippen LogP contribution < -0.4 is 19.1 Å². The number of phenolic OH excluding ortho intramolecular Hbond substituents is 1. The first-order valence-electron chi connectivity index (χ1n) is 17.8. The van der Waals surface area contributed by atoms with E-state index in [0.717, 1.165) is 25.3 Å². The van der Waals surface area contributed by atoms with E-state index in [1.807, 2.05) is 0 Å². The van der Waals surface area contributed by atoms with Crippen molar-refractivity contribution in [1.29, 1.82) is 0 Å². The first kappa shape index (κ1) is 301. The summed E-state index contributed by atoms with van der Waals surface area (Å²) in [6.07, 6.45) is -29.2. The summed E-state index contributed by atoms with van der Waals surface area (Å²) < 4.78 is 308. The van der Waals surface area contributed by atoms with Gasteiger partial charge in [-0.05, 0) is 25.1 Å². The summed E-state index contributed by atoms with van der Waals surface area (Å²) in [5, 5.41) is 10.2. The minimum atomic E-state index is -6.38. The third-order valence-corrected chi connectivity index (χ3v) is 11.9. The molecule has 2 aliphatic heterocycles. The van der Waals surface area contributed by atoms with E-state index in [2.05, 4.69) is 29.3 Å². The maximum atomic E-state index is 13.2. The molecule has 0 radical (unpaired) electrons. The fourth-order valence-electron chi connectivity index (χ4n) is 6.49. The molecule has 0 saturated carbocycles. The van der Waals surface area contributed by atoms with Gasteiger partial charge in [0.1, 0.15) is 58.7 Å². The Morgan fingerprint density at radius 2 is 0.642 bits per heavy atom. The van der Waals surface area contributed by atoms with Crippen molar-refractivity contribution in [3.05, 3.63) is 46.6 Å². The van der Waals surface area contributed by atoms with Crippen LogP contribution in [0, 0.1) is 0 Å². The molecule has 3 aromatic rings. The summed E-state index contributed by atoms with van der Waals surface area (Å²) in [7, 11) is -41.8. The molecular weight excluding hydrogens is 2070 g/mol. The monoisotopic (exact) mass is 2140 g/mol. The van der Waals surface area contributed by atoms with Crippen molar-refractivity contribution in [3.8, 4) is 34.3 Å². The smallest absolute Gasteiger partial charge is 0.870 e. The van der Waals surface area contributed by atoms with Gasteiger partial charge >= 0.3 is 243 Å². The third kappa shape index (κ3) is 96.0. The van der Waals surface area contributed by atoms with E-state index < -0.39 is 180 Å². The molecule has 2 fully saturated rings. The molecule has 71 nitrogen and oxygen atoms in total. The molecule has 120 heavy (non-hydrogen) atoms. The van der Waals surface area contributed by atoms with E-state index in [-0.39, 0.29) is 446 Å². The molecule has 5 rings (SSSR count). The van der Waals surface area contributed by atoms with E-state index in [9.17, 15) is 101 Å². The van der Waals surface area contributed by atoms with Gasteiger partial charge in [-0.2, -0.15) is 0 Å². The number of phenols is 1. The first-order chi connectivity index (χ1) is 32.2. The van der Waals surface area contributed by atoms with E-state index in [4.69, 9.17) is 28.1 Å². The molecule has 2 aromatic carbocycles. The van der Waals surface area contributed by atoms with Crippen molar-refractivity contribution in [2.75, 3.05) is 13.7 Å². The van der Waals surface area contributed by atoms with Crippen molar-refractivity contribution in [2.24, 2.45) is 0 Å². The predicted octanol–water partition coefficient (Wildman–Crippen LogP) is -21.1. The number of methoxy groups -OCH3 is 1.